The summed E-state index contributed by atoms with van der Waals surface area (Å²) < 4.78 is 25.7. The highest BCUT2D eigenvalue weighted by molar-refractivity contribution is 7.88. The SMILES string of the molecule is CS(=O)(=O)N[C@H]1CCN[C@H]1Cc1cccc(-c2ccccc2)c1. The Morgan fingerprint density at radius 2 is 1.83 bits per heavy atom. The van der Waals surface area contributed by atoms with E-state index >= 15 is 0 Å². The fourth-order valence-electron chi connectivity index (χ4n) is 3.16. The molecule has 3 rings (SSSR count). The fraction of sp³-hybridized carbons (Fsp3) is 0.333. The van der Waals surface area contributed by atoms with Crippen LogP contribution in [0, 0.1) is 0 Å². The summed E-state index contributed by atoms with van der Waals surface area (Å²) in [6, 6.07) is 18.8. The summed E-state index contributed by atoms with van der Waals surface area (Å²) in [7, 11) is -3.17. The van der Waals surface area contributed by atoms with Crippen molar-refractivity contribution in [2.75, 3.05) is 12.8 Å². The number of sulfonamides is 1. The van der Waals surface area contributed by atoms with E-state index in [0.29, 0.717) is 0 Å². The summed E-state index contributed by atoms with van der Waals surface area (Å²) in [5.74, 6) is 0. The van der Waals surface area contributed by atoms with E-state index in [-0.39, 0.29) is 12.1 Å². The Kier molecular flexibility index (Phi) is 4.80. The molecule has 4 nitrogen and oxygen atoms in total. The summed E-state index contributed by atoms with van der Waals surface area (Å²) in [6.07, 6.45) is 2.86. The first kappa shape index (κ1) is 16.2. The van der Waals surface area contributed by atoms with Crippen molar-refractivity contribution in [3.8, 4) is 11.1 Å². The molecule has 2 atom stereocenters. The second-order valence-corrected chi connectivity index (χ2v) is 7.90. The molecule has 2 aromatic carbocycles. The van der Waals surface area contributed by atoms with E-state index in [0.717, 1.165) is 19.4 Å². The summed E-state index contributed by atoms with van der Waals surface area (Å²) in [5, 5.41) is 3.41. The van der Waals surface area contributed by atoms with Gasteiger partial charge in [-0.25, -0.2) is 13.1 Å². The van der Waals surface area contributed by atoms with Crippen molar-refractivity contribution >= 4 is 10.0 Å². The van der Waals surface area contributed by atoms with Gasteiger partial charge in [0.1, 0.15) is 0 Å². The summed E-state index contributed by atoms with van der Waals surface area (Å²) in [4.78, 5) is 0. The first-order valence-corrected chi connectivity index (χ1v) is 9.75. The molecule has 0 aliphatic carbocycles. The molecule has 0 spiro atoms. The second-order valence-electron chi connectivity index (χ2n) is 6.12. The van der Waals surface area contributed by atoms with Crippen molar-refractivity contribution in [2.24, 2.45) is 0 Å². The van der Waals surface area contributed by atoms with Crippen LogP contribution in [0.4, 0.5) is 0 Å². The number of rotatable bonds is 5. The lowest BCUT2D eigenvalue weighted by Gasteiger charge is -2.20. The van der Waals surface area contributed by atoms with Gasteiger partial charge in [-0.05, 0) is 36.1 Å². The van der Waals surface area contributed by atoms with E-state index in [2.05, 4.69) is 46.4 Å². The largest absolute Gasteiger partial charge is 0.312 e. The molecule has 0 saturated carbocycles. The van der Waals surface area contributed by atoms with Crippen LogP contribution in [-0.2, 0) is 16.4 Å². The van der Waals surface area contributed by atoms with Gasteiger partial charge >= 0.3 is 0 Å². The highest BCUT2D eigenvalue weighted by atomic mass is 32.2. The Hall–Kier alpha value is -1.69. The van der Waals surface area contributed by atoms with Crippen LogP contribution in [0.25, 0.3) is 11.1 Å². The average Bonchev–Trinajstić information content (AvgIpc) is 2.93. The lowest BCUT2D eigenvalue weighted by Crippen LogP contribution is -2.44. The Morgan fingerprint density at radius 3 is 2.57 bits per heavy atom. The third-order valence-corrected chi connectivity index (χ3v) is 4.93. The molecule has 0 radical (unpaired) electrons. The highest BCUT2D eigenvalue weighted by Gasteiger charge is 2.29. The number of hydrogen-bond acceptors (Lipinski definition) is 3. The summed E-state index contributed by atoms with van der Waals surface area (Å²) >= 11 is 0. The summed E-state index contributed by atoms with van der Waals surface area (Å²) in [6.45, 7) is 0.843. The van der Waals surface area contributed by atoms with Crippen molar-refractivity contribution in [1.29, 1.82) is 0 Å². The fourth-order valence-corrected chi connectivity index (χ4v) is 3.99. The van der Waals surface area contributed by atoms with E-state index in [1.54, 1.807) is 0 Å². The van der Waals surface area contributed by atoms with Crippen LogP contribution < -0.4 is 10.0 Å². The van der Waals surface area contributed by atoms with Crippen LogP contribution >= 0.6 is 0 Å². The maximum atomic E-state index is 11.5. The molecule has 1 saturated heterocycles. The Labute approximate surface area is 138 Å². The molecule has 1 heterocycles. The third kappa shape index (κ3) is 4.41. The van der Waals surface area contributed by atoms with Gasteiger partial charge in [0.05, 0.1) is 6.26 Å². The maximum absolute atomic E-state index is 11.5. The second kappa shape index (κ2) is 6.83. The standard InChI is InChI=1S/C18H22N2O2S/c1-23(21,22)20-17-10-11-19-18(17)13-14-6-5-9-16(12-14)15-7-3-2-4-8-15/h2-9,12,17-20H,10-11,13H2,1H3/t17-,18-/m0/s1. The van der Waals surface area contributed by atoms with Crippen LogP contribution in [-0.4, -0.2) is 33.3 Å². The molecular weight excluding hydrogens is 308 g/mol. The average molecular weight is 330 g/mol. The van der Waals surface area contributed by atoms with Crippen molar-refractivity contribution in [1.82, 2.24) is 10.0 Å². The molecule has 122 valence electrons. The molecule has 23 heavy (non-hydrogen) atoms. The van der Waals surface area contributed by atoms with Gasteiger partial charge in [-0.3, -0.25) is 0 Å². The van der Waals surface area contributed by atoms with Gasteiger partial charge in [-0.1, -0.05) is 54.6 Å². The first-order chi connectivity index (χ1) is 11.0. The van der Waals surface area contributed by atoms with Gasteiger partial charge in [0, 0.05) is 12.1 Å². The van der Waals surface area contributed by atoms with E-state index in [9.17, 15) is 8.42 Å². The first-order valence-electron chi connectivity index (χ1n) is 7.86. The van der Waals surface area contributed by atoms with Crippen LogP contribution in [0.1, 0.15) is 12.0 Å². The minimum Gasteiger partial charge on any atom is -0.312 e. The van der Waals surface area contributed by atoms with Crippen LogP contribution in [0.15, 0.2) is 54.6 Å². The van der Waals surface area contributed by atoms with E-state index in [4.69, 9.17) is 0 Å². The predicted octanol–water partition coefficient (Wildman–Crippen LogP) is 2.18. The number of benzene rings is 2. The Morgan fingerprint density at radius 1 is 1.09 bits per heavy atom. The minimum absolute atomic E-state index is 0.0367. The molecule has 2 N–H and O–H groups in total. The molecule has 0 bridgehead atoms. The van der Waals surface area contributed by atoms with Crippen LogP contribution in [0.5, 0.6) is 0 Å². The Bertz CT molecular complexity index is 760. The molecule has 0 unspecified atom stereocenters. The number of hydrogen-bond donors (Lipinski definition) is 2. The molecule has 0 amide bonds. The van der Waals surface area contributed by atoms with Crippen molar-refractivity contribution < 1.29 is 8.42 Å². The van der Waals surface area contributed by atoms with Crippen molar-refractivity contribution in [2.45, 2.75) is 24.9 Å². The van der Waals surface area contributed by atoms with E-state index in [1.165, 1.54) is 22.9 Å². The zero-order valence-corrected chi connectivity index (χ0v) is 14.0. The predicted molar refractivity (Wildman–Crippen MR) is 93.8 cm³/mol. The molecule has 1 aliphatic rings. The molecule has 5 heteroatoms. The van der Waals surface area contributed by atoms with Gasteiger partial charge in [0.25, 0.3) is 0 Å². The van der Waals surface area contributed by atoms with Gasteiger partial charge in [0.15, 0.2) is 0 Å². The molecule has 0 aromatic heterocycles. The van der Waals surface area contributed by atoms with Crippen molar-refractivity contribution in [3.05, 3.63) is 60.2 Å². The molecular formula is C18H22N2O2S. The van der Waals surface area contributed by atoms with E-state index in [1.807, 2.05) is 18.2 Å². The smallest absolute Gasteiger partial charge is 0.209 e. The zero-order chi connectivity index (χ0) is 16.3. The van der Waals surface area contributed by atoms with Gasteiger partial charge in [0.2, 0.25) is 10.0 Å². The minimum atomic E-state index is -3.17. The quantitative estimate of drug-likeness (QED) is 0.883. The number of nitrogens with one attached hydrogen (secondary N) is 2. The lowest BCUT2D eigenvalue weighted by molar-refractivity contribution is 0.494. The van der Waals surface area contributed by atoms with Gasteiger partial charge < -0.3 is 5.32 Å². The van der Waals surface area contributed by atoms with Crippen LogP contribution in [0.3, 0.4) is 0 Å². The highest BCUT2D eigenvalue weighted by Crippen LogP contribution is 2.22. The lowest BCUT2D eigenvalue weighted by atomic mass is 9.97. The monoisotopic (exact) mass is 330 g/mol. The molecule has 1 fully saturated rings. The van der Waals surface area contributed by atoms with Gasteiger partial charge in [-0.2, -0.15) is 0 Å². The maximum Gasteiger partial charge on any atom is 0.209 e. The third-order valence-electron chi connectivity index (χ3n) is 4.20. The van der Waals surface area contributed by atoms with Gasteiger partial charge in [-0.15, -0.1) is 0 Å². The molecule has 1 aliphatic heterocycles. The molecule has 2 aromatic rings. The zero-order valence-electron chi connectivity index (χ0n) is 13.2. The van der Waals surface area contributed by atoms with E-state index < -0.39 is 10.0 Å². The van der Waals surface area contributed by atoms with Crippen molar-refractivity contribution in [3.63, 3.8) is 0 Å². The summed E-state index contributed by atoms with van der Waals surface area (Å²) in [5.41, 5.74) is 3.60. The Balaban J connectivity index is 1.75. The normalized spacial score (nSPS) is 21.4. The van der Waals surface area contributed by atoms with Crippen LogP contribution in [0.2, 0.25) is 0 Å². The topological polar surface area (TPSA) is 58.2 Å².